The van der Waals surface area contributed by atoms with Crippen LogP contribution in [0.2, 0.25) is 0 Å². The van der Waals surface area contributed by atoms with E-state index in [0.29, 0.717) is 25.6 Å². The Bertz CT molecular complexity index is 906. The molecule has 1 rings (SSSR count). The number of hydroxylamine groups is 10. The highest BCUT2D eigenvalue weighted by molar-refractivity contribution is 4.68. The summed E-state index contributed by atoms with van der Waals surface area (Å²) in [4.78, 5) is 51.4. The molecule has 25 nitrogen and oxygen atoms in total. The van der Waals surface area contributed by atoms with E-state index >= 15 is 0 Å². The molecule has 428 valence electrons. The minimum atomic E-state index is -0.315. The van der Waals surface area contributed by atoms with Crippen molar-refractivity contribution < 1.29 is 99.4 Å². The van der Waals surface area contributed by atoms with Gasteiger partial charge in [-0.2, -0.15) is 0 Å². The number of unbranched alkanes of at least 4 members (excludes halogenated alkanes) is 2. The van der Waals surface area contributed by atoms with Gasteiger partial charge in [0.15, 0.2) is 0 Å². The molecule has 1 aliphatic carbocycles. The third-order valence-corrected chi connectivity index (χ3v) is 8.65. The summed E-state index contributed by atoms with van der Waals surface area (Å²) in [6.07, 6.45) is 13.2. The summed E-state index contributed by atoms with van der Waals surface area (Å²) < 4.78 is 0. The zero-order valence-electron chi connectivity index (χ0n) is 44.2. The first-order chi connectivity index (χ1) is 33.9. The fourth-order valence-corrected chi connectivity index (χ4v) is 5.40. The van der Waals surface area contributed by atoms with Crippen LogP contribution in [0, 0.1) is 5.92 Å². The molecule has 0 amide bonds. The third-order valence-electron chi connectivity index (χ3n) is 8.65. The van der Waals surface area contributed by atoms with Crippen molar-refractivity contribution >= 4 is 0 Å². The van der Waals surface area contributed by atoms with Crippen molar-refractivity contribution in [3.8, 4) is 0 Å². The summed E-state index contributed by atoms with van der Waals surface area (Å²) in [6.45, 7) is 17.8. The summed E-state index contributed by atoms with van der Waals surface area (Å²) in [5.74, 6) is 0.521. The summed E-state index contributed by atoms with van der Waals surface area (Å²) in [5, 5.41) is 92.6. The quantitative estimate of drug-likeness (QED) is 0.0385. The van der Waals surface area contributed by atoms with Crippen LogP contribution >= 0.6 is 0 Å². The van der Waals surface area contributed by atoms with E-state index in [1.807, 2.05) is 27.7 Å². The Hall–Kier alpha value is -1.00. The van der Waals surface area contributed by atoms with Gasteiger partial charge >= 0.3 is 0 Å². The van der Waals surface area contributed by atoms with Gasteiger partial charge in [-0.25, -0.2) is 0 Å². The largest absolute Gasteiger partial charge is 0.394 e. The zero-order valence-corrected chi connectivity index (χ0v) is 44.2. The van der Waals surface area contributed by atoms with Crippen LogP contribution < -0.4 is 0 Å². The highest BCUT2D eigenvalue weighted by Crippen LogP contribution is 2.23. The fraction of sp³-hybridized carbons (Fsp3) is 1.00. The molecule has 1 fully saturated rings. The third kappa shape index (κ3) is 53.3. The van der Waals surface area contributed by atoms with Crippen LogP contribution in [0.3, 0.4) is 0 Å². The van der Waals surface area contributed by atoms with Gasteiger partial charge in [-0.3, -0.25) is 48.4 Å². The number of hydrogen-bond donors (Lipinski definition) is 10. The highest BCUT2D eigenvalue weighted by Gasteiger charge is 2.24. The minimum absolute atomic E-state index is 0.0221. The van der Waals surface area contributed by atoms with Gasteiger partial charge in [0.05, 0.1) is 163 Å². The van der Waals surface area contributed by atoms with Gasteiger partial charge < -0.3 is 51.1 Å². The predicted octanol–water partition coefficient (Wildman–Crippen LogP) is 1.24. The van der Waals surface area contributed by atoms with Crippen molar-refractivity contribution in [2.24, 2.45) is 5.92 Å². The molecule has 1 aliphatic rings. The van der Waals surface area contributed by atoms with Crippen molar-refractivity contribution in [2.45, 2.75) is 137 Å². The van der Waals surface area contributed by atoms with Gasteiger partial charge in [-0.1, -0.05) is 98.8 Å². The molecule has 0 bridgehead atoms. The van der Waals surface area contributed by atoms with Crippen molar-refractivity contribution in [1.29, 1.82) is 0 Å². The maximum absolute atomic E-state index is 8.72. The van der Waals surface area contributed by atoms with Crippen molar-refractivity contribution in [3.05, 3.63) is 0 Å². The molecule has 0 radical (unpaired) electrons. The zero-order chi connectivity index (χ0) is 53.4. The molecule has 0 spiro atoms. The first-order valence-electron chi connectivity index (χ1n) is 25.2. The second-order valence-electron chi connectivity index (χ2n) is 16.0. The summed E-state index contributed by atoms with van der Waals surface area (Å²) >= 11 is 0. The second-order valence-corrected chi connectivity index (χ2v) is 16.0. The van der Waals surface area contributed by atoms with E-state index < -0.39 is 0 Å². The molecule has 0 aromatic rings. The van der Waals surface area contributed by atoms with Crippen LogP contribution in [-0.2, 0) is 48.4 Å². The molecular weight excluding hydrogens is 931 g/mol. The molecule has 0 aromatic heterocycles. The molecule has 1 unspecified atom stereocenters. The first-order valence-corrected chi connectivity index (χ1v) is 25.2. The van der Waals surface area contributed by atoms with Crippen LogP contribution in [0.4, 0.5) is 0 Å². The van der Waals surface area contributed by atoms with E-state index in [0.717, 1.165) is 44.9 Å². The average molecular weight is 1030 g/mol. The molecule has 10 N–H and O–H groups in total. The Kier molecular flexibility index (Phi) is 65.3. The Morgan fingerprint density at radius 1 is 0.414 bits per heavy atom. The van der Waals surface area contributed by atoms with Crippen molar-refractivity contribution in [1.82, 2.24) is 26.1 Å². The number of nitrogens with zero attached hydrogens (tertiary/aromatic N) is 5. The monoisotopic (exact) mass is 1030 g/mol. The molecule has 25 heteroatoms. The lowest BCUT2D eigenvalue weighted by atomic mass is 9.96. The highest BCUT2D eigenvalue weighted by atomic mass is 17.0. The van der Waals surface area contributed by atoms with E-state index in [4.69, 9.17) is 99.4 Å². The minimum Gasteiger partial charge on any atom is -0.394 e. The SMILES string of the molecule is CC(C)(C)N(OCCO)OCCO.CCCCC(CC)CN(OCCO)OCCO.CCCCN(OCCO)OCCO.CCCN(OCCO)OCCO.OCCON(OCCO)C1CCCCC1. The topological polar surface area (TPSA) is 311 Å². The lowest BCUT2D eigenvalue weighted by Gasteiger charge is -2.32. The second kappa shape index (κ2) is 60.6. The lowest BCUT2D eigenvalue weighted by molar-refractivity contribution is -0.407. The Balaban J connectivity index is -0.000000391. The molecule has 0 saturated heterocycles. The number of hydrogen-bond acceptors (Lipinski definition) is 25. The van der Waals surface area contributed by atoms with Crippen LogP contribution in [0.15, 0.2) is 0 Å². The van der Waals surface area contributed by atoms with Crippen molar-refractivity contribution in [3.63, 3.8) is 0 Å². The van der Waals surface area contributed by atoms with Gasteiger partial charge in [0, 0.05) is 0 Å². The first kappa shape index (κ1) is 75.5. The van der Waals surface area contributed by atoms with E-state index in [2.05, 4.69) is 20.8 Å². The fourth-order valence-electron chi connectivity index (χ4n) is 5.40. The molecule has 0 aliphatic heterocycles. The van der Waals surface area contributed by atoms with E-state index in [1.54, 1.807) is 0 Å². The van der Waals surface area contributed by atoms with E-state index in [1.165, 1.54) is 58.2 Å². The number of rotatable bonds is 42. The smallest absolute Gasteiger partial charge is 0.0943 e. The average Bonchev–Trinajstić information content (AvgIpc) is 3.37. The molecule has 0 aromatic carbocycles. The van der Waals surface area contributed by atoms with Gasteiger partial charge in [0.2, 0.25) is 0 Å². The van der Waals surface area contributed by atoms with Crippen LogP contribution in [0.25, 0.3) is 0 Å². The molecule has 70 heavy (non-hydrogen) atoms. The molecule has 0 heterocycles. The summed E-state index contributed by atoms with van der Waals surface area (Å²) in [7, 11) is 0. The van der Waals surface area contributed by atoms with Crippen LogP contribution in [-0.4, -0.2) is 241 Å². The van der Waals surface area contributed by atoms with Gasteiger partial charge in [0.25, 0.3) is 0 Å². The predicted molar refractivity (Wildman–Crippen MR) is 259 cm³/mol. The molecule has 1 atom stereocenters. The van der Waals surface area contributed by atoms with Crippen LogP contribution in [0.1, 0.15) is 126 Å². The number of aliphatic hydroxyl groups is 10. The van der Waals surface area contributed by atoms with Gasteiger partial charge in [0.1, 0.15) is 0 Å². The molecule has 1 saturated carbocycles. The maximum atomic E-state index is 8.72. The summed E-state index contributed by atoms with van der Waals surface area (Å²) in [5.41, 5.74) is -0.315. The summed E-state index contributed by atoms with van der Waals surface area (Å²) in [6, 6.07) is 0.261. The van der Waals surface area contributed by atoms with Crippen molar-refractivity contribution in [2.75, 3.05) is 152 Å². The Morgan fingerprint density at radius 3 is 1.09 bits per heavy atom. The maximum Gasteiger partial charge on any atom is 0.0943 e. The van der Waals surface area contributed by atoms with E-state index in [-0.39, 0.29) is 144 Å². The van der Waals surface area contributed by atoms with E-state index in [9.17, 15) is 0 Å². The normalized spacial score (nSPS) is 13.5. The Labute approximate surface area is 419 Å². The standard InChI is InChI=1S/C12H27NO4.C10H21NO4.2C8H19NO4.C7H17NO4/c1-3-5-6-12(4-2)11-13(16-9-7-14)17-10-8-15;12-6-8-14-11(15-9-7-13)10-4-2-1-3-5-10;1-8(2,3)9(12-6-4-10)13-7-5-11;1-2-3-4-9(12-7-5-10)13-8-6-11;1-2-3-8(11-6-4-9)12-7-5-10/h12,14-15H,3-11H2,1-2H3;10,12-13H,1-9H2;10-11H,4-7H2,1-3H3;10-11H,2-8H2,1H3;9-10H,2-7H2,1H3. The number of aliphatic hydroxyl groups excluding tert-OH is 10. The van der Waals surface area contributed by atoms with Crippen LogP contribution in [0.5, 0.6) is 0 Å². The molecular formula is C45H103N5O20. The van der Waals surface area contributed by atoms with Gasteiger partial charge in [-0.15, -0.1) is 0 Å². The Morgan fingerprint density at radius 2 is 0.757 bits per heavy atom. The lowest BCUT2D eigenvalue weighted by Crippen LogP contribution is -2.42. The van der Waals surface area contributed by atoms with Gasteiger partial charge in [-0.05, 0) is 58.8 Å².